The maximum absolute atomic E-state index is 11.7. The molecule has 1 aromatic heterocycles. The van der Waals surface area contributed by atoms with Gasteiger partial charge in [0, 0.05) is 43.4 Å². The van der Waals surface area contributed by atoms with Gasteiger partial charge in [-0.1, -0.05) is 19.1 Å². The van der Waals surface area contributed by atoms with Gasteiger partial charge in [0.25, 0.3) is 0 Å². The van der Waals surface area contributed by atoms with E-state index < -0.39 is 0 Å². The van der Waals surface area contributed by atoms with Crippen molar-refractivity contribution in [1.82, 2.24) is 14.7 Å². The van der Waals surface area contributed by atoms with E-state index in [2.05, 4.69) is 42.1 Å². The molecular weight excluding hydrogens is 276 g/mol. The van der Waals surface area contributed by atoms with Crippen molar-refractivity contribution in [3.05, 3.63) is 35.2 Å². The van der Waals surface area contributed by atoms with E-state index in [4.69, 9.17) is 5.10 Å². The molecule has 0 saturated heterocycles. The number of hydrogen-bond acceptors (Lipinski definition) is 3. The number of aryl methyl sites for hydroxylation is 1. The second kappa shape index (κ2) is 5.99. The van der Waals surface area contributed by atoms with E-state index in [1.54, 1.807) is 6.92 Å². The lowest BCUT2D eigenvalue weighted by molar-refractivity contribution is -0.129. The van der Waals surface area contributed by atoms with E-state index in [1.807, 2.05) is 4.90 Å². The Hall–Kier alpha value is -2.04. The van der Waals surface area contributed by atoms with Crippen molar-refractivity contribution in [2.24, 2.45) is 5.92 Å². The summed E-state index contributed by atoms with van der Waals surface area (Å²) in [6.45, 7) is 8.25. The Morgan fingerprint density at radius 3 is 3.00 bits per heavy atom. The van der Waals surface area contributed by atoms with Gasteiger partial charge in [0.1, 0.15) is 0 Å². The standard InChI is InChI=1S/C17H24N4O/c1-4-21-16-8-9-20(13(3)22)11-15(16)17(19-21)18-14-7-5-6-12(2)10-14/h5,7,10,12H,4,6,8-9,11H2,1-3H3,(H,18,19). The van der Waals surface area contributed by atoms with E-state index in [9.17, 15) is 4.79 Å². The molecule has 0 bridgehead atoms. The van der Waals surface area contributed by atoms with Crippen molar-refractivity contribution < 1.29 is 4.79 Å². The Bertz CT molecular complexity index is 641. The Morgan fingerprint density at radius 2 is 2.32 bits per heavy atom. The molecule has 2 heterocycles. The number of carbonyl (C=O) groups is 1. The molecule has 0 radical (unpaired) electrons. The van der Waals surface area contributed by atoms with Crippen molar-refractivity contribution in [3.8, 4) is 0 Å². The summed E-state index contributed by atoms with van der Waals surface area (Å²) in [5.41, 5.74) is 3.52. The lowest BCUT2D eigenvalue weighted by Crippen LogP contribution is -2.34. The van der Waals surface area contributed by atoms with Crippen molar-refractivity contribution in [2.75, 3.05) is 11.9 Å². The molecular formula is C17H24N4O. The van der Waals surface area contributed by atoms with Gasteiger partial charge in [0.15, 0.2) is 5.82 Å². The van der Waals surface area contributed by atoms with Crippen molar-refractivity contribution in [3.63, 3.8) is 0 Å². The minimum Gasteiger partial charge on any atom is -0.339 e. The predicted molar refractivity (Wildman–Crippen MR) is 87.3 cm³/mol. The Kier molecular flexibility index (Phi) is 4.05. The minimum atomic E-state index is 0.131. The topological polar surface area (TPSA) is 50.2 Å². The Labute approximate surface area is 131 Å². The minimum absolute atomic E-state index is 0.131. The number of rotatable bonds is 3. The maximum atomic E-state index is 11.7. The van der Waals surface area contributed by atoms with E-state index in [0.717, 1.165) is 43.0 Å². The zero-order valence-corrected chi connectivity index (χ0v) is 13.6. The Morgan fingerprint density at radius 1 is 1.50 bits per heavy atom. The highest BCUT2D eigenvalue weighted by Crippen LogP contribution is 2.28. The molecule has 1 aromatic rings. The molecule has 0 fully saturated rings. The number of nitrogens with zero attached hydrogens (tertiary/aromatic N) is 3. The van der Waals surface area contributed by atoms with Crippen LogP contribution >= 0.6 is 0 Å². The number of fused-ring (bicyclic) bond motifs is 1. The summed E-state index contributed by atoms with van der Waals surface area (Å²) >= 11 is 0. The van der Waals surface area contributed by atoms with Gasteiger partial charge < -0.3 is 10.2 Å². The molecule has 1 amide bonds. The van der Waals surface area contributed by atoms with E-state index >= 15 is 0 Å². The average Bonchev–Trinajstić information content (AvgIpc) is 2.84. The fourth-order valence-corrected chi connectivity index (χ4v) is 3.18. The second-order valence-electron chi connectivity index (χ2n) is 6.14. The highest BCUT2D eigenvalue weighted by Gasteiger charge is 2.26. The third-order valence-corrected chi connectivity index (χ3v) is 4.41. The number of anilines is 1. The summed E-state index contributed by atoms with van der Waals surface area (Å²) in [4.78, 5) is 13.6. The molecule has 0 saturated carbocycles. The van der Waals surface area contributed by atoms with Crippen LogP contribution in [0.3, 0.4) is 0 Å². The molecule has 0 spiro atoms. The number of allylic oxidation sites excluding steroid dienone is 3. The lowest BCUT2D eigenvalue weighted by atomic mass is 10.0. The largest absolute Gasteiger partial charge is 0.339 e. The molecule has 22 heavy (non-hydrogen) atoms. The highest BCUT2D eigenvalue weighted by molar-refractivity contribution is 5.74. The molecule has 1 unspecified atom stereocenters. The molecule has 3 rings (SSSR count). The van der Waals surface area contributed by atoms with E-state index in [0.29, 0.717) is 12.5 Å². The highest BCUT2D eigenvalue weighted by atomic mass is 16.2. The average molecular weight is 300 g/mol. The van der Waals surface area contributed by atoms with Gasteiger partial charge in [-0.05, 0) is 25.3 Å². The molecule has 5 nitrogen and oxygen atoms in total. The predicted octanol–water partition coefficient (Wildman–Crippen LogP) is 2.70. The van der Waals surface area contributed by atoms with Gasteiger partial charge in [-0.3, -0.25) is 9.48 Å². The fourth-order valence-electron chi connectivity index (χ4n) is 3.18. The Balaban J connectivity index is 1.90. The number of aromatic nitrogens is 2. The summed E-state index contributed by atoms with van der Waals surface area (Å²) in [5.74, 6) is 1.57. The van der Waals surface area contributed by atoms with Crippen LogP contribution in [0.2, 0.25) is 0 Å². The van der Waals surface area contributed by atoms with Crippen molar-refractivity contribution in [1.29, 1.82) is 0 Å². The van der Waals surface area contributed by atoms with Gasteiger partial charge in [-0.2, -0.15) is 5.10 Å². The number of nitrogens with one attached hydrogen (secondary N) is 1. The van der Waals surface area contributed by atoms with Crippen LogP contribution in [0.1, 0.15) is 38.4 Å². The van der Waals surface area contributed by atoms with Gasteiger partial charge >= 0.3 is 0 Å². The number of amides is 1. The first-order valence-corrected chi connectivity index (χ1v) is 8.08. The quantitative estimate of drug-likeness (QED) is 0.933. The third kappa shape index (κ3) is 2.80. The summed E-state index contributed by atoms with van der Waals surface area (Å²) in [7, 11) is 0. The smallest absolute Gasteiger partial charge is 0.219 e. The normalized spacial score (nSPS) is 20.6. The third-order valence-electron chi connectivity index (χ3n) is 4.41. The first kappa shape index (κ1) is 14.9. The number of carbonyl (C=O) groups excluding carboxylic acids is 1. The first-order valence-electron chi connectivity index (χ1n) is 8.08. The summed E-state index contributed by atoms with van der Waals surface area (Å²) < 4.78 is 2.06. The monoisotopic (exact) mass is 300 g/mol. The first-order chi connectivity index (χ1) is 10.6. The summed E-state index contributed by atoms with van der Waals surface area (Å²) in [6, 6.07) is 0. The van der Waals surface area contributed by atoms with Crippen LogP contribution in [0.25, 0.3) is 0 Å². The van der Waals surface area contributed by atoms with E-state index in [1.165, 1.54) is 5.69 Å². The zero-order valence-electron chi connectivity index (χ0n) is 13.6. The second-order valence-corrected chi connectivity index (χ2v) is 6.14. The molecule has 5 heteroatoms. The maximum Gasteiger partial charge on any atom is 0.219 e. The van der Waals surface area contributed by atoms with Crippen LogP contribution in [-0.4, -0.2) is 27.1 Å². The zero-order chi connectivity index (χ0) is 15.7. The van der Waals surface area contributed by atoms with Crippen molar-refractivity contribution >= 4 is 11.7 Å². The van der Waals surface area contributed by atoms with Crippen LogP contribution in [-0.2, 0) is 24.3 Å². The molecule has 1 atom stereocenters. The molecule has 1 aliphatic heterocycles. The van der Waals surface area contributed by atoms with Crippen LogP contribution in [0.15, 0.2) is 23.9 Å². The molecule has 118 valence electrons. The lowest BCUT2D eigenvalue weighted by Gasteiger charge is -2.26. The molecule has 1 aliphatic carbocycles. The number of hydrogen-bond donors (Lipinski definition) is 1. The molecule has 1 N–H and O–H groups in total. The molecule has 2 aliphatic rings. The van der Waals surface area contributed by atoms with E-state index in [-0.39, 0.29) is 5.91 Å². The van der Waals surface area contributed by atoms with Crippen molar-refractivity contribution in [2.45, 2.75) is 46.7 Å². The SMILES string of the molecule is CCn1nc(NC2=CC(C)CC=C2)c2c1CCN(C(C)=O)C2. The van der Waals surface area contributed by atoms with Gasteiger partial charge in [-0.15, -0.1) is 0 Å². The van der Waals surface area contributed by atoms with Crippen LogP contribution in [0.5, 0.6) is 0 Å². The fraction of sp³-hybridized carbons (Fsp3) is 0.529. The van der Waals surface area contributed by atoms with Crippen LogP contribution in [0.4, 0.5) is 5.82 Å². The summed E-state index contributed by atoms with van der Waals surface area (Å²) in [5, 5.41) is 8.17. The van der Waals surface area contributed by atoms with Gasteiger partial charge in [0.2, 0.25) is 5.91 Å². The van der Waals surface area contributed by atoms with Crippen LogP contribution in [0, 0.1) is 5.92 Å². The van der Waals surface area contributed by atoms with Crippen LogP contribution < -0.4 is 5.32 Å². The molecule has 0 aromatic carbocycles. The summed E-state index contributed by atoms with van der Waals surface area (Å²) in [6.07, 6.45) is 8.51. The van der Waals surface area contributed by atoms with Gasteiger partial charge in [-0.25, -0.2) is 0 Å². The van der Waals surface area contributed by atoms with Gasteiger partial charge in [0.05, 0.1) is 6.54 Å².